The number of nitrogens with zero attached hydrogens (tertiary/aromatic N) is 1. The molecule has 1 saturated carbocycles. The van der Waals surface area contributed by atoms with Crippen molar-refractivity contribution in [3.05, 3.63) is 119 Å². The molecular weight excluding hydrogens is 802 g/mol. The smallest absolute Gasteiger partial charge is 0.337 e. The number of carbonyl (C=O) groups excluding carboxylic acids is 2. The molecule has 0 radical (unpaired) electrons. The molecule has 4 atom stereocenters. The van der Waals surface area contributed by atoms with Gasteiger partial charge in [-0.25, -0.2) is 18.4 Å². The van der Waals surface area contributed by atoms with E-state index in [2.05, 4.69) is 67.4 Å². The van der Waals surface area contributed by atoms with Crippen LogP contribution in [0.25, 0.3) is 0 Å². The lowest BCUT2D eigenvalue weighted by atomic mass is 9.68. The largest absolute Gasteiger partial charge is 0.490 e. The van der Waals surface area contributed by atoms with Crippen molar-refractivity contribution < 1.29 is 31.9 Å². The molecule has 1 aliphatic heterocycles. The summed E-state index contributed by atoms with van der Waals surface area (Å²) in [5.74, 6) is -0.237. The van der Waals surface area contributed by atoms with Crippen molar-refractivity contribution in [2.75, 3.05) is 44.0 Å². The number of methoxy groups -OCH3 is 1. The van der Waals surface area contributed by atoms with E-state index in [-0.39, 0.29) is 46.9 Å². The molecule has 0 bridgehead atoms. The zero-order chi connectivity index (χ0) is 42.0. The van der Waals surface area contributed by atoms with E-state index in [4.69, 9.17) is 30.6 Å². The highest BCUT2D eigenvalue weighted by Gasteiger charge is 2.54. The van der Waals surface area contributed by atoms with Crippen molar-refractivity contribution in [3.63, 3.8) is 0 Å². The second kappa shape index (κ2) is 17.4. The van der Waals surface area contributed by atoms with Crippen LogP contribution in [0.5, 0.6) is 5.75 Å². The maximum absolute atomic E-state index is 13.9. The predicted octanol–water partition coefficient (Wildman–Crippen LogP) is 6.37. The van der Waals surface area contributed by atoms with Crippen molar-refractivity contribution in [1.29, 1.82) is 0 Å². The third-order valence-electron chi connectivity index (χ3n) is 12.7. The Kier molecular flexibility index (Phi) is 12.7. The van der Waals surface area contributed by atoms with E-state index in [1.54, 1.807) is 6.07 Å². The van der Waals surface area contributed by atoms with E-state index >= 15 is 0 Å². The van der Waals surface area contributed by atoms with Crippen molar-refractivity contribution in [2.45, 2.75) is 75.9 Å². The van der Waals surface area contributed by atoms with Crippen LogP contribution in [0.2, 0.25) is 10.1 Å². The Morgan fingerprint density at radius 2 is 1.69 bits per heavy atom. The number of hydrogen-bond donors (Lipinski definition) is 2. The van der Waals surface area contributed by atoms with Gasteiger partial charge in [-0.15, -0.1) is 0 Å². The fourth-order valence-electron chi connectivity index (χ4n) is 9.74. The Morgan fingerprint density at radius 1 is 1.00 bits per heavy atom. The highest BCUT2D eigenvalue weighted by atomic mass is 35.5. The number of halogens is 1. The van der Waals surface area contributed by atoms with Crippen molar-refractivity contribution in [3.8, 4) is 5.75 Å². The summed E-state index contributed by atoms with van der Waals surface area (Å²) in [5.41, 5.74) is 3.44. The second-order valence-corrected chi connectivity index (χ2v) is 23.9. The maximum Gasteiger partial charge on any atom is 0.337 e. The molecule has 1 heterocycles. The van der Waals surface area contributed by atoms with Gasteiger partial charge in [-0.3, -0.25) is 4.79 Å². The fraction of sp³-hybridized carbons (Fsp3) is 0.435. The molecule has 314 valence electrons. The monoisotopic (exact) mass is 857 g/mol. The standard InChI is InChI=1S/C46H56ClN3O7SSi/c1-45(2,3)59(36-13-7-5-8-14-36,37-15-9-6-10-16-37)57-42(28-43(51)49-24-25-58(48,53)54)38-20-17-34(38)29-50-30-46(23-11-12-32-26-35(47)19-21-39(32)46)31-56-41-22-18-33(27-40(41)50)44(52)55-4/h5-10,13-16,18-19,21-22,26-27,34,38,42H,11-12,17,20,23-25,28-31H2,1-4H3,(H,49,51)(H2,48,53,54)/t34-,38+,42-,46-/m0/s1. The first-order valence-corrected chi connectivity index (χ1v) is 24.6. The number of fused-ring (bicyclic) bond motifs is 3. The molecule has 7 rings (SSSR count). The number of rotatable bonds is 13. The summed E-state index contributed by atoms with van der Waals surface area (Å²) in [5, 5.41) is 10.7. The van der Waals surface area contributed by atoms with Gasteiger partial charge in [0.05, 0.1) is 43.2 Å². The van der Waals surface area contributed by atoms with Crippen LogP contribution in [0.3, 0.4) is 0 Å². The van der Waals surface area contributed by atoms with Gasteiger partial charge in [0.25, 0.3) is 8.32 Å². The molecule has 0 unspecified atom stereocenters. The van der Waals surface area contributed by atoms with Gasteiger partial charge in [0.15, 0.2) is 0 Å². The number of sulfonamides is 1. The molecule has 4 aromatic rings. The van der Waals surface area contributed by atoms with Crippen molar-refractivity contribution in [1.82, 2.24) is 5.32 Å². The molecule has 0 aromatic heterocycles. The van der Waals surface area contributed by atoms with Gasteiger partial charge in [-0.05, 0) is 101 Å². The Balaban J connectivity index is 1.28. The highest BCUT2D eigenvalue weighted by molar-refractivity contribution is 7.89. The van der Waals surface area contributed by atoms with Gasteiger partial charge >= 0.3 is 5.97 Å². The summed E-state index contributed by atoms with van der Waals surface area (Å²) in [6, 6.07) is 32.5. The molecule has 10 nitrogen and oxygen atoms in total. The number of hydrogen-bond acceptors (Lipinski definition) is 8. The number of esters is 1. The highest BCUT2D eigenvalue weighted by Crippen LogP contribution is 2.48. The third kappa shape index (κ3) is 9.12. The first-order valence-electron chi connectivity index (χ1n) is 20.6. The van der Waals surface area contributed by atoms with Gasteiger partial charge in [0.2, 0.25) is 15.9 Å². The third-order valence-corrected chi connectivity index (χ3v) is 18.8. The molecule has 3 aliphatic rings. The molecule has 1 amide bonds. The van der Waals surface area contributed by atoms with Crippen LogP contribution in [0.4, 0.5) is 5.69 Å². The average Bonchev–Trinajstić information content (AvgIpc) is 3.34. The Labute approximate surface area is 354 Å². The zero-order valence-electron chi connectivity index (χ0n) is 34.4. The lowest BCUT2D eigenvalue weighted by Gasteiger charge is -2.51. The fourth-order valence-corrected chi connectivity index (χ4v) is 15.0. The average molecular weight is 859 g/mol. The summed E-state index contributed by atoms with van der Waals surface area (Å²) < 4.78 is 43.2. The number of ether oxygens (including phenoxy) is 2. The quantitative estimate of drug-likeness (QED) is 0.117. The number of nitrogens with one attached hydrogen (secondary N) is 1. The van der Waals surface area contributed by atoms with Gasteiger partial charge in [0, 0.05) is 30.1 Å². The number of primary sulfonamides is 1. The molecule has 0 saturated heterocycles. The lowest BCUT2D eigenvalue weighted by molar-refractivity contribution is -0.124. The molecule has 13 heteroatoms. The van der Waals surface area contributed by atoms with Crippen LogP contribution in [-0.4, -0.2) is 73.8 Å². The number of aryl methyl sites for hydroxylation is 1. The minimum atomic E-state index is -3.76. The minimum Gasteiger partial charge on any atom is -0.490 e. The molecule has 1 spiro atoms. The SMILES string of the molecule is COC(=O)c1ccc2c(c1)N(C[C@@H]1CC[C@H]1[C@H](CC(=O)NCCS(N)(=O)=O)O[Si](c1ccccc1)(c1ccccc1)C(C)(C)C)C[C@@]1(CCCc3cc(Cl)ccc31)CO2. The van der Waals surface area contributed by atoms with E-state index in [1.165, 1.54) is 18.2 Å². The molecule has 4 aromatic carbocycles. The predicted molar refractivity (Wildman–Crippen MR) is 236 cm³/mol. The van der Waals surface area contributed by atoms with Crippen LogP contribution in [0.15, 0.2) is 97.1 Å². The Bertz CT molecular complexity index is 2220. The Morgan fingerprint density at radius 3 is 2.31 bits per heavy atom. The lowest BCUT2D eigenvalue weighted by Crippen LogP contribution is -2.69. The second-order valence-electron chi connectivity index (χ2n) is 17.5. The van der Waals surface area contributed by atoms with Crippen molar-refractivity contribution in [2.24, 2.45) is 17.0 Å². The molecule has 3 N–H and O–H groups in total. The van der Waals surface area contributed by atoms with Crippen LogP contribution >= 0.6 is 11.6 Å². The van der Waals surface area contributed by atoms with E-state index in [0.29, 0.717) is 31.0 Å². The van der Waals surface area contributed by atoms with Gasteiger partial charge in [-0.2, -0.15) is 0 Å². The Hall–Kier alpha value is -4.20. The molecular formula is C46H56ClN3O7SSi. The molecule has 59 heavy (non-hydrogen) atoms. The normalized spacial score (nSPS) is 20.9. The zero-order valence-corrected chi connectivity index (χ0v) is 37.0. The first kappa shape index (κ1) is 42.9. The number of anilines is 1. The summed E-state index contributed by atoms with van der Waals surface area (Å²) in [6.07, 6.45) is 4.20. The maximum atomic E-state index is 13.9. The summed E-state index contributed by atoms with van der Waals surface area (Å²) in [4.78, 5) is 29.2. The van der Waals surface area contributed by atoms with E-state index < -0.39 is 30.4 Å². The molecule has 2 aliphatic carbocycles. The van der Waals surface area contributed by atoms with E-state index in [1.807, 2.05) is 54.6 Å². The minimum absolute atomic E-state index is 0.00884. The van der Waals surface area contributed by atoms with Crippen LogP contribution < -0.4 is 30.5 Å². The van der Waals surface area contributed by atoms with Crippen molar-refractivity contribution >= 4 is 57.9 Å². The van der Waals surface area contributed by atoms with Gasteiger partial charge < -0.3 is 24.1 Å². The molecule has 1 fully saturated rings. The van der Waals surface area contributed by atoms with E-state index in [0.717, 1.165) is 53.2 Å². The van der Waals surface area contributed by atoms with Crippen LogP contribution in [0.1, 0.15) is 74.4 Å². The topological polar surface area (TPSA) is 137 Å². The summed E-state index contributed by atoms with van der Waals surface area (Å²) in [7, 11) is -5.50. The number of benzene rings is 4. The van der Waals surface area contributed by atoms with Crippen LogP contribution in [-0.2, 0) is 35.8 Å². The van der Waals surface area contributed by atoms with Gasteiger partial charge in [-0.1, -0.05) is 99.1 Å². The summed E-state index contributed by atoms with van der Waals surface area (Å²) >= 11 is 6.52. The number of amides is 1. The first-order chi connectivity index (χ1) is 28.1. The number of carbonyl (C=O) groups is 2. The van der Waals surface area contributed by atoms with Gasteiger partial charge in [0.1, 0.15) is 5.75 Å². The summed E-state index contributed by atoms with van der Waals surface area (Å²) in [6.45, 7) is 8.38. The number of nitrogens with two attached hydrogens (primary N) is 1. The van der Waals surface area contributed by atoms with E-state index in [9.17, 15) is 18.0 Å². The van der Waals surface area contributed by atoms with Crippen LogP contribution in [0, 0.1) is 11.8 Å².